The van der Waals surface area contributed by atoms with Crippen molar-refractivity contribution in [3.8, 4) is 0 Å². The van der Waals surface area contributed by atoms with E-state index in [-0.39, 0.29) is 5.91 Å². The van der Waals surface area contributed by atoms with Gasteiger partial charge in [-0.1, -0.05) is 0 Å². The zero-order valence-corrected chi connectivity index (χ0v) is 6.12. The summed E-state index contributed by atoms with van der Waals surface area (Å²) in [6.45, 7) is 1.21. The molecule has 0 bridgehead atoms. The quantitative estimate of drug-likeness (QED) is 0.519. The van der Waals surface area contributed by atoms with Crippen LogP contribution >= 0.6 is 11.8 Å². The molecule has 1 unspecified atom stereocenters. The van der Waals surface area contributed by atoms with E-state index in [4.69, 9.17) is 0 Å². The average Bonchev–Trinajstić information content (AvgIpc) is 1.90. The van der Waals surface area contributed by atoms with Crippen LogP contribution < -0.4 is 10.6 Å². The molecule has 3 nitrogen and oxygen atoms in total. The second kappa shape index (κ2) is 3.08. The second-order valence-corrected chi connectivity index (χ2v) is 2.95. The van der Waals surface area contributed by atoms with E-state index in [1.54, 1.807) is 11.8 Å². The molecular weight excluding hydrogens is 136 g/mol. The van der Waals surface area contributed by atoms with Gasteiger partial charge in [-0.25, -0.2) is 0 Å². The summed E-state index contributed by atoms with van der Waals surface area (Å²) >= 11 is 1.72. The first-order valence-electron chi connectivity index (χ1n) is 2.86. The minimum Gasteiger partial charge on any atom is -0.353 e. The number of nitrogens with one attached hydrogen (secondary N) is 2. The van der Waals surface area contributed by atoms with Gasteiger partial charge in [-0.3, -0.25) is 10.1 Å². The third kappa shape index (κ3) is 1.87. The van der Waals surface area contributed by atoms with E-state index < -0.39 is 0 Å². The van der Waals surface area contributed by atoms with Gasteiger partial charge in [-0.2, -0.15) is 0 Å². The SMILES string of the molecule is CSC1CNC(=O)CN1. The normalized spacial score (nSPS) is 27.7. The van der Waals surface area contributed by atoms with Gasteiger partial charge in [0.05, 0.1) is 11.9 Å². The molecule has 1 rings (SSSR count). The van der Waals surface area contributed by atoms with Crippen LogP contribution in [0.3, 0.4) is 0 Å². The topological polar surface area (TPSA) is 41.1 Å². The molecule has 1 atom stereocenters. The van der Waals surface area contributed by atoms with Crippen molar-refractivity contribution in [1.82, 2.24) is 10.6 Å². The highest BCUT2D eigenvalue weighted by Crippen LogP contribution is 2.02. The maximum absolute atomic E-state index is 10.5. The van der Waals surface area contributed by atoms with Crippen LogP contribution in [0.5, 0.6) is 0 Å². The molecule has 0 aliphatic carbocycles. The molecule has 0 saturated carbocycles. The summed E-state index contributed by atoms with van der Waals surface area (Å²) in [5.41, 5.74) is 0. The molecule has 0 aromatic heterocycles. The van der Waals surface area contributed by atoms with Crippen LogP contribution in [0.4, 0.5) is 0 Å². The van der Waals surface area contributed by atoms with Crippen LogP contribution in [0.1, 0.15) is 0 Å². The van der Waals surface area contributed by atoms with Crippen LogP contribution in [0.25, 0.3) is 0 Å². The van der Waals surface area contributed by atoms with Crippen molar-refractivity contribution in [3.05, 3.63) is 0 Å². The number of amides is 1. The lowest BCUT2D eigenvalue weighted by Gasteiger charge is -2.21. The molecule has 0 aromatic carbocycles. The van der Waals surface area contributed by atoms with Crippen LogP contribution in [-0.4, -0.2) is 30.6 Å². The van der Waals surface area contributed by atoms with E-state index in [9.17, 15) is 4.79 Å². The Bertz CT molecular complexity index is 108. The van der Waals surface area contributed by atoms with Gasteiger partial charge < -0.3 is 5.32 Å². The number of piperazine rings is 1. The average molecular weight is 146 g/mol. The Kier molecular flexibility index (Phi) is 2.36. The van der Waals surface area contributed by atoms with Crippen LogP contribution in [0.15, 0.2) is 0 Å². The van der Waals surface area contributed by atoms with E-state index in [1.165, 1.54) is 0 Å². The van der Waals surface area contributed by atoms with Crippen molar-refractivity contribution in [2.24, 2.45) is 0 Å². The van der Waals surface area contributed by atoms with Crippen LogP contribution in [0.2, 0.25) is 0 Å². The van der Waals surface area contributed by atoms with Crippen molar-refractivity contribution in [3.63, 3.8) is 0 Å². The molecule has 1 amide bonds. The van der Waals surface area contributed by atoms with E-state index in [0.717, 1.165) is 6.54 Å². The second-order valence-electron chi connectivity index (χ2n) is 1.91. The Hall–Kier alpha value is -0.220. The predicted octanol–water partition coefficient (Wildman–Crippen LogP) is -0.605. The number of carbonyl (C=O) groups is 1. The Morgan fingerprint density at radius 3 is 3.00 bits per heavy atom. The van der Waals surface area contributed by atoms with Gasteiger partial charge in [0.25, 0.3) is 0 Å². The van der Waals surface area contributed by atoms with E-state index in [0.29, 0.717) is 11.9 Å². The first-order chi connectivity index (χ1) is 4.33. The number of hydrogen-bond donors (Lipinski definition) is 2. The monoisotopic (exact) mass is 146 g/mol. The summed E-state index contributed by atoms with van der Waals surface area (Å²) in [7, 11) is 0. The molecule has 4 heteroatoms. The van der Waals surface area contributed by atoms with Crippen molar-refractivity contribution < 1.29 is 4.79 Å². The number of thioether (sulfide) groups is 1. The van der Waals surface area contributed by atoms with Crippen LogP contribution in [0, 0.1) is 0 Å². The summed E-state index contributed by atoms with van der Waals surface area (Å²) in [4.78, 5) is 10.5. The fourth-order valence-corrected chi connectivity index (χ4v) is 1.21. The van der Waals surface area contributed by atoms with Crippen molar-refractivity contribution in [2.45, 2.75) is 5.37 Å². The molecule has 52 valence electrons. The number of carbonyl (C=O) groups excluding carboxylic acids is 1. The largest absolute Gasteiger partial charge is 0.353 e. The molecule has 1 aliphatic heterocycles. The Balaban J connectivity index is 2.26. The molecule has 1 heterocycles. The first-order valence-corrected chi connectivity index (χ1v) is 4.14. The summed E-state index contributed by atoms with van der Waals surface area (Å²) in [6, 6.07) is 0. The van der Waals surface area contributed by atoms with Crippen molar-refractivity contribution >= 4 is 17.7 Å². The van der Waals surface area contributed by atoms with Gasteiger partial charge >= 0.3 is 0 Å². The molecule has 0 aromatic rings. The highest BCUT2D eigenvalue weighted by atomic mass is 32.2. The predicted molar refractivity (Wildman–Crippen MR) is 38.3 cm³/mol. The first kappa shape index (κ1) is 6.89. The van der Waals surface area contributed by atoms with Gasteiger partial charge in [0.15, 0.2) is 0 Å². The molecule has 1 saturated heterocycles. The van der Waals surface area contributed by atoms with Gasteiger partial charge in [0.2, 0.25) is 5.91 Å². The Morgan fingerprint density at radius 1 is 1.78 bits per heavy atom. The fourth-order valence-electron chi connectivity index (χ4n) is 0.714. The Labute approximate surface area is 58.6 Å². The van der Waals surface area contributed by atoms with Crippen molar-refractivity contribution in [2.75, 3.05) is 19.3 Å². The Morgan fingerprint density at radius 2 is 2.56 bits per heavy atom. The fraction of sp³-hybridized carbons (Fsp3) is 0.800. The lowest BCUT2D eigenvalue weighted by atomic mass is 10.4. The van der Waals surface area contributed by atoms with Gasteiger partial charge in [0.1, 0.15) is 0 Å². The molecule has 2 N–H and O–H groups in total. The lowest BCUT2D eigenvalue weighted by Crippen LogP contribution is -2.50. The molecule has 0 spiro atoms. The van der Waals surface area contributed by atoms with Gasteiger partial charge in [-0.05, 0) is 6.26 Å². The molecule has 1 aliphatic rings. The highest BCUT2D eigenvalue weighted by Gasteiger charge is 2.14. The third-order valence-electron chi connectivity index (χ3n) is 1.26. The zero-order chi connectivity index (χ0) is 6.69. The summed E-state index contributed by atoms with van der Waals surface area (Å²) in [6.07, 6.45) is 2.02. The highest BCUT2D eigenvalue weighted by molar-refractivity contribution is 7.99. The molecule has 1 fully saturated rings. The lowest BCUT2D eigenvalue weighted by molar-refractivity contribution is -0.121. The van der Waals surface area contributed by atoms with Gasteiger partial charge in [0, 0.05) is 6.54 Å². The van der Waals surface area contributed by atoms with E-state index in [1.807, 2.05) is 6.26 Å². The molecule has 9 heavy (non-hydrogen) atoms. The van der Waals surface area contributed by atoms with Crippen LogP contribution in [-0.2, 0) is 4.79 Å². The van der Waals surface area contributed by atoms with E-state index in [2.05, 4.69) is 10.6 Å². The minimum absolute atomic E-state index is 0.0975. The number of hydrogen-bond acceptors (Lipinski definition) is 3. The summed E-state index contributed by atoms with van der Waals surface area (Å²) < 4.78 is 0. The minimum atomic E-state index is 0.0975. The maximum atomic E-state index is 10.5. The smallest absolute Gasteiger partial charge is 0.234 e. The number of rotatable bonds is 1. The molecular formula is C5H10N2OS. The summed E-state index contributed by atoms with van der Waals surface area (Å²) in [5, 5.41) is 6.24. The maximum Gasteiger partial charge on any atom is 0.234 e. The van der Waals surface area contributed by atoms with E-state index >= 15 is 0 Å². The molecule has 0 radical (unpaired) electrons. The van der Waals surface area contributed by atoms with Crippen molar-refractivity contribution in [1.29, 1.82) is 0 Å². The standard InChI is InChI=1S/C5H10N2OS/c1-9-5-3-6-4(8)2-7-5/h5,7H,2-3H2,1H3,(H,6,8). The van der Waals surface area contributed by atoms with Gasteiger partial charge in [-0.15, -0.1) is 11.8 Å². The summed E-state index contributed by atoms with van der Waals surface area (Å²) in [5.74, 6) is 0.0975. The zero-order valence-electron chi connectivity index (χ0n) is 5.31. The third-order valence-corrected chi connectivity index (χ3v) is 2.16.